The molecule has 0 aliphatic carbocycles. The molecule has 0 aromatic heterocycles. The van der Waals surface area contributed by atoms with Crippen molar-refractivity contribution in [2.24, 2.45) is 0 Å². The van der Waals surface area contributed by atoms with Crippen LogP contribution in [0.3, 0.4) is 0 Å². The zero-order chi connectivity index (χ0) is 27.3. The van der Waals surface area contributed by atoms with Crippen molar-refractivity contribution < 1.29 is 28.2 Å². The molecule has 0 saturated carbocycles. The van der Waals surface area contributed by atoms with E-state index in [-0.39, 0.29) is 18.1 Å². The Hall–Kier alpha value is -3.59. The van der Waals surface area contributed by atoms with Gasteiger partial charge in [-0.25, -0.2) is 4.79 Å². The zero-order valence-electron chi connectivity index (χ0n) is 22.2. The monoisotopic (exact) mass is 527 g/mol. The van der Waals surface area contributed by atoms with Gasteiger partial charge in [0.15, 0.2) is 11.5 Å². The number of benzene rings is 2. The zero-order valence-corrected chi connectivity index (χ0v) is 22.2. The Bertz CT molecular complexity index is 1070. The lowest BCUT2D eigenvalue weighted by Gasteiger charge is -2.23. The highest BCUT2D eigenvalue weighted by molar-refractivity contribution is 5.98. The smallest absolute Gasteiger partial charge is 0.407 e. The van der Waals surface area contributed by atoms with Gasteiger partial charge in [-0.05, 0) is 42.5 Å². The molecule has 0 bridgehead atoms. The highest BCUT2D eigenvalue weighted by Gasteiger charge is 2.34. The van der Waals surface area contributed by atoms with E-state index in [1.165, 1.54) is 14.2 Å². The van der Waals surface area contributed by atoms with Crippen molar-refractivity contribution in [1.82, 2.24) is 15.5 Å². The van der Waals surface area contributed by atoms with Crippen LogP contribution in [0.2, 0.25) is 0 Å². The molecule has 1 saturated heterocycles. The Morgan fingerprint density at radius 3 is 2.58 bits per heavy atom. The average Bonchev–Trinajstić information content (AvgIpc) is 3.31. The number of ether oxygens (including phenoxy) is 3. The van der Waals surface area contributed by atoms with Crippen molar-refractivity contribution in [1.29, 1.82) is 0 Å². The first-order valence-corrected chi connectivity index (χ1v) is 12.9. The van der Waals surface area contributed by atoms with Crippen LogP contribution in [-0.4, -0.2) is 76.1 Å². The molecule has 2 atom stereocenters. The molecule has 38 heavy (non-hydrogen) atoms. The molecule has 8 nitrogen and oxygen atoms in total. The van der Waals surface area contributed by atoms with Crippen molar-refractivity contribution >= 4 is 12.0 Å². The maximum Gasteiger partial charge on any atom is 0.407 e. The third-order valence-corrected chi connectivity index (χ3v) is 6.53. The second-order valence-corrected chi connectivity index (χ2v) is 9.20. The van der Waals surface area contributed by atoms with Crippen LogP contribution in [0.25, 0.3) is 0 Å². The van der Waals surface area contributed by atoms with E-state index in [2.05, 4.69) is 22.1 Å². The molecule has 2 aromatic rings. The molecule has 1 heterocycles. The third kappa shape index (κ3) is 8.21. The number of likely N-dealkylation sites (tertiary alicyclic amines) is 1. The number of methoxy groups -OCH3 is 2. The summed E-state index contributed by atoms with van der Waals surface area (Å²) in [4.78, 5) is 27.7. The predicted octanol–water partition coefficient (Wildman–Crippen LogP) is 3.93. The topological polar surface area (TPSA) is 89.1 Å². The highest BCUT2D eigenvalue weighted by Crippen LogP contribution is 2.33. The van der Waals surface area contributed by atoms with Crippen molar-refractivity contribution in [3.63, 3.8) is 0 Å². The van der Waals surface area contributed by atoms with Gasteiger partial charge in [-0.2, -0.15) is 0 Å². The largest absolute Gasteiger partial charge is 0.493 e. The minimum Gasteiger partial charge on any atom is -0.493 e. The number of aryl methyl sites for hydroxylation is 1. The first kappa shape index (κ1) is 29.0. The lowest BCUT2D eigenvalue weighted by molar-refractivity contribution is 0.0936. The van der Waals surface area contributed by atoms with Crippen LogP contribution >= 0.6 is 0 Å². The summed E-state index contributed by atoms with van der Waals surface area (Å²) in [5.74, 6) is 0.440. The number of rotatable bonds is 14. The van der Waals surface area contributed by atoms with E-state index in [0.717, 1.165) is 17.5 Å². The molecular weight excluding hydrogens is 489 g/mol. The van der Waals surface area contributed by atoms with E-state index in [4.69, 9.17) is 14.2 Å². The number of amides is 2. The van der Waals surface area contributed by atoms with E-state index in [0.29, 0.717) is 62.5 Å². The van der Waals surface area contributed by atoms with Crippen LogP contribution < -0.4 is 20.1 Å². The molecule has 9 heteroatoms. The van der Waals surface area contributed by atoms with Gasteiger partial charge in [-0.1, -0.05) is 36.4 Å². The third-order valence-electron chi connectivity index (χ3n) is 6.53. The minimum atomic E-state index is -0.448. The van der Waals surface area contributed by atoms with E-state index >= 15 is 0 Å². The molecular formula is C29H38FN3O5. The van der Waals surface area contributed by atoms with Crippen LogP contribution in [0.1, 0.15) is 34.3 Å². The minimum absolute atomic E-state index is 0.0401. The van der Waals surface area contributed by atoms with Gasteiger partial charge in [0.1, 0.15) is 6.10 Å². The maximum atomic E-state index is 13.2. The van der Waals surface area contributed by atoms with E-state index in [1.807, 2.05) is 30.3 Å². The molecule has 1 fully saturated rings. The lowest BCUT2D eigenvalue weighted by Crippen LogP contribution is -2.40. The normalized spacial score (nSPS) is 17.0. The van der Waals surface area contributed by atoms with Gasteiger partial charge in [-0.15, -0.1) is 6.58 Å². The standard InChI is InChI=1S/C29H38FN3O5/c1-4-15-33-20-24(38-29(35)31-14-12-21-9-6-5-7-10-21)18-23(33)19-32-28(34)25-16-22(11-8-13-30)17-26(36-2)27(25)37-3/h4-7,9-10,16-17,23-24H,1,8,11-15,18-20H2,2-3H3,(H,31,35)(H,32,34)/t23-,24+/m0/s1. The van der Waals surface area contributed by atoms with Crippen molar-refractivity contribution in [2.45, 2.75) is 37.8 Å². The number of hydrogen-bond donors (Lipinski definition) is 2. The molecule has 0 unspecified atom stereocenters. The van der Waals surface area contributed by atoms with Crippen LogP contribution in [0.15, 0.2) is 55.1 Å². The summed E-state index contributed by atoms with van der Waals surface area (Å²) in [5.41, 5.74) is 2.27. The number of hydrogen-bond acceptors (Lipinski definition) is 6. The van der Waals surface area contributed by atoms with E-state index in [9.17, 15) is 14.0 Å². The first-order valence-electron chi connectivity index (χ1n) is 12.9. The summed E-state index contributed by atoms with van der Waals surface area (Å²) < 4.78 is 29.2. The van der Waals surface area contributed by atoms with E-state index in [1.54, 1.807) is 18.2 Å². The van der Waals surface area contributed by atoms with Crippen molar-refractivity contribution in [3.05, 3.63) is 71.8 Å². The summed E-state index contributed by atoms with van der Waals surface area (Å²) in [7, 11) is 2.98. The number of carbonyl (C=O) groups is 2. The molecule has 3 rings (SSSR count). The van der Waals surface area contributed by atoms with Crippen LogP contribution in [0, 0.1) is 0 Å². The molecule has 206 valence electrons. The maximum absolute atomic E-state index is 13.2. The van der Waals surface area contributed by atoms with Gasteiger partial charge in [0.25, 0.3) is 5.91 Å². The Morgan fingerprint density at radius 1 is 1.11 bits per heavy atom. The Balaban J connectivity index is 1.57. The Labute approximate surface area is 224 Å². The summed E-state index contributed by atoms with van der Waals surface area (Å²) in [6.45, 7) is 5.38. The SMILES string of the molecule is C=CCN1C[C@H](OC(=O)NCCc2ccccc2)C[C@H]1CNC(=O)c1cc(CCCF)cc(OC)c1OC. The van der Waals surface area contributed by atoms with Gasteiger partial charge in [0, 0.05) is 38.6 Å². The van der Waals surface area contributed by atoms with Gasteiger partial charge in [0.2, 0.25) is 0 Å². The molecule has 0 spiro atoms. The molecule has 0 radical (unpaired) electrons. The molecule has 2 N–H and O–H groups in total. The van der Waals surface area contributed by atoms with Crippen molar-refractivity contribution in [3.8, 4) is 11.5 Å². The number of halogens is 1. The van der Waals surface area contributed by atoms with Gasteiger partial charge < -0.3 is 24.8 Å². The molecule has 1 aliphatic rings. The summed E-state index contributed by atoms with van der Waals surface area (Å²) in [5, 5.41) is 5.80. The summed E-state index contributed by atoms with van der Waals surface area (Å²) >= 11 is 0. The fraction of sp³-hybridized carbons (Fsp3) is 0.448. The summed E-state index contributed by atoms with van der Waals surface area (Å²) in [6, 6.07) is 13.4. The van der Waals surface area contributed by atoms with Gasteiger partial charge in [0.05, 0.1) is 26.5 Å². The Kier molecular flexibility index (Phi) is 11.4. The van der Waals surface area contributed by atoms with Crippen LogP contribution in [0.5, 0.6) is 11.5 Å². The van der Waals surface area contributed by atoms with Gasteiger partial charge in [-0.3, -0.25) is 14.1 Å². The second kappa shape index (κ2) is 15.0. The second-order valence-electron chi connectivity index (χ2n) is 9.20. The first-order chi connectivity index (χ1) is 18.5. The molecule has 1 aliphatic heterocycles. The van der Waals surface area contributed by atoms with Crippen molar-refractivity contribution in [2.75, 3.05) is 47.1 Å². The number of alkyl carbamates (subject to hydrolysis) is 1. The predicted molar refractivity (Wildman–Crippen MR) is 145 cm³/mol. The van der Waals surface area contributed by atoms with E-state index < -0.39 is 12.8 Å². The Morgan fingerprint density at radius 2 is 1.89 bits per heavy atom. The lowest BCUT2D eigenvalue weighted by atomic mass is 10.0. The number of alkyl halides is 1. The fourth-order valence-electron chi connectivity index (χ4n) is 4.68. The average molecular weight is 528 g/mol. The number of nitrogens with one attached hydrogen (secondary N) is 2. The quantitative estimate of drug-likeness (QED) is 0.362. The van der Waals surface area contributed by atoms with Crippen LogP contribution in [0.4, 0.5) is 9.18 Å². The number of carbonyl (C=O) groups excluding carboxylic acids is 2. The van der Waals surface area contributed by atoms with Crippen LogP contribution in [-0.2, 0) is 17.6 Å². The molecule has 2 amide bonds. The van der Waals surface area contributed by atoms with Gasteiger partial charge >= 0.3 is 6.09 Å². The summed E-state index contributed by atoms with van der Waals surface area (Å²) in [6.07, 6.45) is 3.19. The highest BCUT2D eigenvalue weighted by atomic mass is 19.1. The number of nitrogens with zero attached hydrogens (tertiary/aromatic N) is 1. The fourth-order valence-corrected chi connectivity index (χ4v) is 4.68. The molecule has 2 aromatic carbocycles.